The molecule has 0 amide bonds. The summed E-state index contributed by atoms with van der Waals surface area (Å²) >= 11 is 2.27. The molecule has 2 aliphatic heterocycles. The number of halogens is 1. The first-order chi connectivity index (χ1) is 26.6. The molecule has 11 heteroatoms. The number of allylic oxidation sites excluding steroid dienone is 1. The van der Waals surface area contributed by atoms with Crippen molar-refractivity contribution in [1.29, 1.82) is 0 Å². The number of hydrogen-bond donors (Lipinski definition) is 0. The van der Waals surface area contributed by atoms with Crippen LogP contribution >= 0.6 is 22.6 Å². The molecule has 0 unspecified atom stereocenters. The molecule has 0 N–H and O–H groups in total. The first kappa shape index (κ1) is 50.0. The first-order valence-corrected chi connectivity index (χ1v) is 28.3. The third kappa shape index (κ3) is 16.2. The summed E-state index contributed by atoms with van der Waals surface area (Å²) in [6.07, 6.45) is 12.3. The minimum absolute atomic E-state index is 0.00895. The van der Waals surface area contributed by atoms with Gasteiger partial charge in [0.2, 0.25) is 0 Å². The Morgan fingerprint density at radius 2 is 1.60 bits per heavy atom. The summed E-state index contributed by atoms with van der Waals surface area (Å²) in [4.78, 5) is 13.7. The average Bonchev–Trinajstić information content (AvgIpc) is 3.50. The SMILES string of the molecule is C=C[C@H](C)C[C@@H]1C[C@H](OCc2ccc(OC)cc2)C[C@H](C/C=C/C(=O)O[C@H](CO[Si](C)(C)C(C)(C)C)C[C@H](O[Si](C)(C)C(C)(C)C)[C@@H]2C[C@H](C)[C@H](C/C=C\I)O2)O1. The van der Waals surface area contributed by atoms with Crippen molar-refractivity contribution in [2.24, 2.45) is 11.8 Å². The zero-order chi connectivity index (χ0) is 42.6. The highest BCUT2D eigenvalue weighted by Crippen LogP contribution is 2.42. The fraction of sp³-hybridized carbons (Fsp3) is 0.717. The van der Waals surface area contributed by atoms with Gasteiger partial charge in [-0.1, -0.05) is 108 Å². The van der Waals surface area contributed by atoms with Crippen LogP contribution in [-0.2, 0) is 39.2 Å². The Bertz CT molecular complexity index is 1430. The van der Waals surface area contributed by atoms with E-state index in [-0.39, 0.29) is 52.7 Å². The predicted molar refractivity (Wildman–Crippen MR) is 247 cm³/mol. The van der Waals surface area contributed by atoms with Crippen LogP contribution in [0.3, 0.4) is 0 Å². The van der Waals surface area contributed by atoms with Crippen molar-refractivity contribution in [2.75, 3.05) is 13.7 Å². The zero-order valence-electron chi connectivity index (χ0n) is 37.6. The van der Waals surface area contributed by atoms with Gasteiger partial charge in [-0.05, 0) is 102 Å². The van der Waals surface area contributed by atoms with Crippen LogP contribution in [0.15, 0.2) is 59.2 Å². The summed E-state index contributed by atoms with van der Waals surface area (Å²) < 4.78 is 47.4. The number of esters is 1. The molecule has 0 saturated carbocycles. The number of carbonyl (C=O) groups excluding carboxylic acids is 1. The minimum atomic E-state index is -2.21. The Labute approximate surface area is 362 Å². The average molecular weight is 941 g/mol. The third-order valence-corrected chi connectivity index (χ3v) is 22.2. The Morgan fingerprint density at radius 3 is 2.19 bits per heavy atom. The van der Waals surface area contributed by atoms with Gasteiger partial charge in [-0.2, -0.15) is 0 Å². The standard InChI is InChI=1S/C46H77IO8Si2/c1-15-33(2)26-39-29-38(50-31-35-21-23-36(49-10)24-22-35)28-37(52-39)18-16-20-44(48)53-40(32-51-56(11,12)45(4,5)6)30-43(55-57(13,14)46(7,8)9)42-27-34(3)41(54-42)19-17-25-47/h15-17,20-25,33-34,37-43H,1,18-19,26-32H2,2-14H3/b20-16+,25-17-/t33-,34-,37-,38+,39+,40-,41-,42-,43-/m0/s1. The molecule has 2 aliphatic rings. The second-order valence-electron chi connectivity index (χ2n) is 19.5. The van der Waals surface area contributed by atoms with E-state index < -0.39 is 22.7 Å². The number of hydrogen-bond acceptors (Lipinski definition) is 8. The molecule has 9 atom stereocenters. The van der Waals surface area contributed by atoms with Gasteiger partial charge >= 0.3 is 5.97 Å². The van der Waals surface area contributed by atoms with Crippen LogP contribution in [0.1, 0.15) is 106 Å². The van der Waals surface area contributed by atoms with Crippen LogP contribution in [0, 0.1) is 11.8 Å². The van der Waals surface area contributed by atoms with Gasteiger partial charge in [0, 0.05) is 18.9 Å². The molecule has 0 aliphatic carbocycles. The maximum absolute atomic E-state index is 13.7. The maximum Gasteiger partial charge on any atom is 0.330 e. The molecule has 0 spiro atoms. The van der Waals surface area contributed by atoms with E-state index in [2.05, 4.69) is 121 Å². The van der Waals surface area contributed by atoms with Crippen LogP contribution in [0.5, 0.6) is 5.75 Å². The largest absolute Gasteiger partial charge is 0.497 e. The van der Waals surface area contributed by atoms with Crippen LogP contribution in [0.25, 0.3) is 0 Å². The number of ether oxygens (including phenoxy) is 5. The lowest BCUT2D eigenvalue weighted by Crippen LogP contribution is -2.49. The molecule has 2 fully saturated rings. The van der Waals surface area contributed by atoms with E-state index in [9.17, 15) is 4.79 Å². The number of carbonyl (C=O) groups is 1. The highest BCUT2D eigenvalue weighted by molar-refractivity contribution is 14.1. The van der Waals surface area contributed by atoms with Crippen molar-refractivity contribution in [2.45, 2.75) is 186 Å². The van der Waals surface area contributed by atoms with Crippen molar-refractivity contribution in [3.8, 4) is 5.75 Å². The second kappa shape index (κ2) is 22.5. The van der Waals surface area contributed by atoms with E-state index in [0.717, 1.165) is 43.4 Å². The molecule has 1 aromatic rings. The molecular formula is C46H77IO8Si2. The van der Waals surface area contributed by atoms with Crippen molar-refractivity contribution >= 4 is 45.2 Å². The normalized spacial score (nSPS) is 25.4. The Balaban J connectivity index is 1.78. The van der Waals surface area contributed by atoms with Crippen molar-refractivity contribution in [3.63, 3.8) is 0 Å². The first-order valence-electron chi connectivity index (χ1n) is 21.2. The van der Waals surface area contributed by atoms with Crippen LogP contribution < -0.4 is 4.74 Å². The van der Waals surface area contributed by atoms with Crippen molar-refractivity contribution in [1.82, 2.24) is 0 Å². The lowest BCUT2D eigenvalue weighted by molar-refractivity contribution is -0.147. The molecular weight excluding hydrogens is 864 g/mol. The Kier molecular flexibility index (Phi) is 19.7. The van der Waals surface area contributed by atoms with Gasteiger partial charge in [0.15, 0.2) is 16.6 Å². The predicted octanol–water partition coefficient (Wildman–Crippen LogP) is 12.1. The maximum atomic E-state index is 13.7. The fourth-order valence-corrected chi connectivity index (χ4v) is 9.56. The summed E-state index contributed by atoms with van der Waals surface area (Å²) in [6.45, 7) is 31.8. The molecule has 2 saturated heterocycles. The van der Waals surface area contributed by atoms with Gasteiger partial charge in [-0.3, -0.25) is 0 Å². The van der Waals surface area contributed by atoms with Gasteiger partial charge in [-0.15, -0.1) is 6.58 Å². The molecule has 0 aromatic heterocycles. The van der Waals surface area contributed by atoms with Crippen molar-refractivity contribution < 1.29 is 37.3 Å². The lowest BCUT2D eigenvalue weighted by Gasteiger charge is -2.42. The Morgan fingerprint density at radius 1 is 0.947 bits per heavy atom. The van der Waals surface area contributed by atoms with Gasteiger partial charge in [0.25, 0.3) is 0 Å². The number of methoxy groups -OCH3 is 1. The van der Waals surface area contributed by atoms with Gasteiger partial charge in [0.1, 0.15) is 11.9 Å². The van der Waals surface area contributed by atoms with Crippen molar-refractivity contribution in [3.05, 3.63) is 64.8 Å². The molecule has 0 bridgehead atoms. The van der Waals surface area contributed by atoms with Gasteiger partial charge < -0.3 is 32.5 Å². The minimum Gasteiger partial charge on any atom is -0.497 e. The van der Waals surface area contributed by atoms with Crippen LogP contribution in [-0.4, -0.2) is 79.0 Å². The third-order valence-electron chi connectivity index (χ3n) is 12.7. The summed E-state index contributed by atoms with van der Waals surface area (Å²) in [5.41, 5.74) is 1.10. The van der Waals surface area contributed by atoms with Gasteiger partial charge in [-0.25, -0.2) is 4.79 Å². The quantitative estimate of drug-likeness (QED) is 0.0396. The second-order valence-corrected chi connectivity index (χ2v) is 29.8. The Hall–Kier alpha value is -1.33. The molecule has 1 aromatic carbocycles. The van der Waals surface area contributed by atoms with Crippen LogP contribution in [0.4, 0.5) is 0 Å². The monoisotopic (exact) mass is 940 g/mol. The fourth-order valence-electron chi connectivity index (χ4n) is 6.88. The van der Waals surface area contributed by atoms with E-state index >= 15 is 0 Å². The van der Waals surface area contributed by atoms with E-state index in [0.29, 0.717) is 37.9 Å². The summed E-state index contributed by atoms with van der Waals surface area (Å²) in [6, 6.07) is 7.99. The summed E-state index contributed by atoms with van der Waals surface area (Å²) in [5, 5.41) is 0.0223. The molecule has 3 rings (SSSR count). The highest BCUT2D eigenvalue weighted by atomic mass is 127. The number of rotatable bonds is 21. The topological polar surface area (TPSA) is 81.7 Å². The molecule has 2 heterocycles. The zero-order valence-corrected chi connectivity index (χ0v) is 41.8. The smallest absolute Gasteiger partial charge is 0.330 e. The highest BCUT2D eigenvalue weighted by Gasteiger charge is 2.45. The van der Waals surface area contributed by atoms with E-state index in [1.54, 1.807) is 13.2 Å². The summed E-state index contributed by atoms with van der Waals surface area (Å²) in [7, 11) is -2.69. The summed E-state index contributed by atoms with van der Waals surface area (Å²) in [5.74, 6) is 1.17. The molecule has 8 nitrogen and oxygen atoms in total. The number of benzene rings is 1. The molecule has 57 heavy (non-hydrogen) atoms. The van der Waals surface area contributed by atoms with E-state index in [1.807, 2.05) is 36.4 Å². The molecule has 0 radical (unpaired) electrons. The van der Waals surface area contributed by atoms with Crippen LogP contribution in [0.2, 0.25) is 36.3 Å². The lowest BCUT2D eigenvalue weighted by atomic mass is 9.93. The van der Waals surface area contributed by atoms with E-state index in [4.69, 9.17) is 32.5 Å². The van der Waals surface area contributed by atoms with Gasteiger partial charge in [0.05, 0.1) is 56.9 Å². The molecule has 324 valence electrons. The van der Waals surface area contributed by atoms with E-state index in [1.165, 1.54) is 0 Å².